The van der Waals surface area contributed by atoms with Crippen LogP contribution in [0.4, 0.5) is 0 Å². The maximum atomic E-state index is 9.98. The molecule has 1 N–H and O–H groups in total. The molecule has 0 heterocycles. The van der Waals surface area contributed by atoms with Crippen molar-refractivity contribution in [2.75, 3.05) is 0 Å². The molecule has 1 aromatic rings. The summed E-state index contributed by atoms with van der Waals surface area (Å²) < 4.78 is 0. The van der Waals surface area contributed by atoms with E-state index >= 15 is 0 Å². The van der Waals surface area contributed by atoms with E-state index in [1.165, 1.54) is 37.7 Å². The zero-order valence-electron chi connectivity index (χ0n) is 12.7. The minimum absolute atomic E-state index is 0.469. The summed E-state index contributed by atoms with van der Waals surface area (Å²) in [5.41, 5.74) is 3.51. The minimum atomic E-state index is -0.469. The fourth-order valence-electron chi connectivity index (χ4n) is 2.23. The number of hydrogen-bond donors (Lipinski definition) is 1. The molecule has 0 saturated heterocycles. The zero-order valence-corrected chi connectivity index (χ0v) is 12.7. The summed E-state index contributed by atoms with van der Waals surface area (Å²) in [6.07, 6.45) is 9.19. The van der Waals surface area contributed by atoms with Crippen molar-refractivity contribution in [1.29, 1.82) is 0 Å². The Morgan fingerprint density at radius 2 is 1.68 bits per heavy atom. The number of benzene rings is 1. The molecule has 1 nitrogen and oxygen atoms in total. The topological polar surface area (TPSA) is 20.2 Å². The highest BCUT2D eigenvalue weighted by Crippen LogP contribution is 2.17. The Balaban J connectivity index is 2.41. The van der Waals surface area contributed by atoms with Gasteiger partial charge in [-0.15, -0.1) is 0 Å². The predicted molar refractivity (Wildman–Crippen MR) is 83.3 cm³/mol. The number of unbranched alkanes of at least 4 members (excludes halogenated alkanes) is 4. The highest BCUT2D eigenvalue weighted by Gasteiger charge is 2.03. The first-order valence-electron chi connectivity index (χ1n) is 7.55. The molecule has 0 bridgehead atoms. The third-order valence-corrected chi connectivity index (χ3v) is 3.38. The smallest absolute Gasteiger partial charge is 0.0974 e. The number of hydrogen-bond acceptors (Lipinski definition) is 1. The van der Waals surface area contributed by atoms with Gasteiger partial charge in [-0.05, 0) is 37.8 Å². The number of aliphatic hydroxyl groups excluding tert-OH is 1. The van der Waals surface area contributed by atoms with E-state index in [0.29, 0.717) is 0 Å². The lowest BCUT2D eigenvalue weighted by Crippen LogP contribution is -1.95. The standard InChI is InChI=1S/C18H28O/c1-4-5-6-7-8-9-16-10-12-17(13-11-16)18(19)14-15(2)3/h10-14,18-19H,4-9H2,1-3H3. The third-order valence-electron chi connectivity index (χ3n) is 3.38. The van der Waals surface area contributed by atoms with Crippen molar-refractivity contribution in [1.82, 2.24) is 0 Å². The average Bonchev–Trinajstić information content (AvgIpc) is 2.38. The van der Waals surface area contributed by atoms with Gasteiger partial charge >= 0.3 is 0 Å². The van der Waals surface area contributed by atoms with Crippen molar-refractivity contribution in [2.24, 2.45) is 0 Å². The van der Waals surface area contributed by atoms with Crippen LogP contribution in [0.2, 0.25) is 0 Å². The van der Waals surface area contributed by atoms with Crippen LogP contribution in [-0.2, 0) is 6.42 Å². The molecule has 0 aliphatic rings. The third kappa shape index (κ3) is 6.58. The lowest BCUT2D eigenvalue weighted by Gasteiger charge is -2.08. The molecule has 0 amide bonds. The molecule has 1 rings (SSSR count). The van der Waals surface area contributed by atoms with Crippen molar-refractivity contribution in [3.63, 3.8) is 0 Å². The molecule has 0 aliphatic heterocycles. The minimum Gasteiger partial charge on any atom is -0.384 e. The first-order valence-corrected chi connectivity index (χ1v) is 7.55. The van der Waals surface area contributed by atoms with Gasteiger partial charge in [0.2, 0.25) is 0 Å². The van der Waals surface area contributed by atoms with E-state index in [0.717, 1.165) is 17.6 Å². The zero-order chi connectivity index (χ0) is 14.1. The van der Waals surface area contributed by atoms with Crippen molar-refractivity contribution in [2.45, 2.75) is 65.4 Å². The summed E-state index contributed by atoms with van der Waals surface area (Å²) in [5, 5.41) is 9.98. The Kier molecular flexibility index (Phi) is 7.50. The highest BCUT2D eigenvalue weighted by molar-refractivity contribution is 5.27. The van der Waals surface area contributed by atoms with Gasteiger partial charge in [0.15, 0.2) is 0 Å². The lowest BCUT2D eigenvalue weighted by atomic mass is 10.0. The molecule has 0 aliphatic carbocycles. The van der Waals surface area contributed by atoms with E-state index in [4.69, 9.17) is 0 Å². The van der Waals surface area contributed by atoms with Gasteiger partial charge in [0.25, 0.3) is 0 Å². The maximum Gasteiger partial charge on any atom is 0.0974 e. The molecule has 0 spiro atoms. The molecule has 1 heteroatoms. The van der Waals surface area contributed by atoms with Gasteiger partial charge < -0.3 is 5.11 Å². The monoisotopic (exact) mass is 260 g/mol. The normalized spacial score (nSPS) is 12.2. The van der Waals surface area contributed by atoms with E-state index in [1.54, 1.807) is 0 Å². The van der Waals surface area contributed by atoms with E-state index in [2.05, 4.69) is 19.1 Å². The Labute approximate surface area is 118 Å². The molecule has 1 atom stereocenters. The molecule has 0 aromatic heterocycles. The Morgan fingerprint density at radius 3 is 2.26 bits per heavy atom. The summed E-state index contributed by atoms with van der Waals surface area (Å²) in [4.78, 5) is 0. The van der Waals surface area contributed by atoms with Gasteiger partial charge in [-0.1, -0.05) is 68.5 Å². The maximum absolute atomic E-state index is 9.98. The fourth-order valence-corrected chi connectivity index (χ4v) is 2.23. The predicted octanol–water partition coefficient (Wildman–Crippen LogP) is 5.20. The van der Waals surface area contributed by atoms with E-state index < -0.39 is 6.10 Å². The Morgan fingerprint density at radius 1 is 1.05 bits per heavy atom. The summed E-state index contributed by atoms with van der Waals surface area (Å²) in [5.74, 6) is 0. The van der Waals surface area contributed by atoms with Crippen LogP contribution in [0.1, 0.15) is 70.1 Å². The first-order chi connectivity index (χ1) is 9.13. The molecule has 106 valence electrons. The molecule has 1 aromatic carbocycles. The largest absolute Gasteiger partial charge is 0.384 e. The van der Waals surface area contributed by atoms with Gasteiger partial charge in [0, 0.05) is 0 Å². The van der Waals surface area contributed by atoms with Gasteiger partial charge in [-0.2, -0.15) is 0 Å². The SMILES string of the molecule is CCCCCCCc1ccc(C(O)C=C(C)C)cc1. The summed E-state index contributed by atoms with van der Waals surface area (Å²) >= 11 is 0. The number of aryl methyl sites for hydroxylation is 1. The molecular formula is C18H28O. The molecular weight excluding hydrogens is 232 g/mol. The van der Waals surface area contributed by atoms with Crippen LogP contribution in [0, 0.1) is 0 Å². The van der Waals surface area contributed by atoms with Crippen molar-refractivity contribution >= 4 is 0 Å². The summed E-state index contributed by atoms with van der Waals surface area (Å²) in [6.45, 7) is 6.26. The van der Waals surface area contributed by atoms with Crippen molar-refractivity contribution in [3.05, 3.63) is 47.0 Å². The van der Waals surface area contributed by atoms with E-state index in [-0.39, 0.29) is 0 Å². The second kappa shape index (κ2) is 8.92. The molecule has 1 unspecified atom stereocenters. The van der Waals surface area contributed by atoms with Crippen molar-refractivity contribution < 1.29 is 5.11 Å². The molecule has 0 fully saturated rings. The second-order valence-electron chi connectivity index (χ2n) is 5.59. The number of allylic oxidation sites excluding steroid dienone is 1. The van der Waals surface area contributed by atoms with Crippen LogP contribution < -0.4 is 0 Å². The van der Waals surface area contributed by atoms with Gasteiger partial charge in [0.05, 0.1) is 6.10 Å². The van der Waals surface area contributed by atoms with Crippen LogP contribution in [0.3, 0.4) is 0 Å². The molecule has 0 radical (unpaired) electrons. The van der Waals surface area contributed by atoms with Crippen LogP contribution >= 0.6 is 0 Å². The molecule has 0 saturated carbocycles. The van der Waals surface area contributed by atoms with Crippen LogP contribution in [-0.4, -0.2) is 5.11 Å². The second-order valence-corrected chi connectivity index (χ2v) is 5.59. The highest BCUT2D eigenvalue weighted by atomic mass is 16.3. The van der Waals surface area contributed by atoms with Crippen LogP contribution in [0.25, 0.3) is 0 Å². The first kappa shape index (κ1) is 16.0. The number of aliphatic hydroxyl groups is 1. The van der Waals surface area contributed by atoms with E-state index in [1.807, 2.05) is 32.1 Å². The van der Waals surface area contributed by atoms with Crippen molar-refractivity contribution in [3.8, 4) is 0 Å². The van der Waals surface area contributed by atoms with E-state index in [9.17, 15) is 5.11 Å². The van der Waals surface area contributed by atoms with Gasteiger partial charge in [-0.3, -0.25) is 0 Å². The van der Waals surface area contributed by atoms with Crippen LogP contribution in [0.15, 0.2) is 35.9 Å². The summed E-state index contributed by atoms with van der Waals surface area (Å²) in [6, 6.07) is 8.39. The fraction of sp³-hybridized carbons (Fsp3) is 0.556. The quantitative estimate of drug-likeness (QED) is 0.503. The van der Waals surface area contributed by atoms with Gasteiger partial charge in [0.1, 0.15) is 0 Å². The van der Waals surface area contributed by atoms with Crippen LogP contribution in [0.5, 0.6) is 0 Å². The summed E-state index contributed by atoms with van der Waals surface area (Å²) in [7, 11) is 0. The number of rotatable bonds is 8. The van der Waals surface area contributed by atoms with Gasteiger partial charge in [-0.25, -0.2) is 0 Å². The Hall–Kier alpha value is -1.08. The molecule has 19 heavy (non-hydrogen) atoms. The average molecular weight is 260 g/mol. The Bertz CT molecular complexity index is 371. The lowest BCUT2D eigenvalue weighted by molar-refractivity contribution is 0.227.